The third-order valence-corrected chi connectivity index (χ3v) is 4.03. The molecule has 0 spiro atoms. The van der Waals surface area contributed by atoms with E-state index >= 15 is 0 Å². The van der Waals surface area contributed by atoms with E-state index in [1.807, 2.05) is 18.2 Å². The maximum absolute atomic E-state index is 10.7. The van der Waals surface area contributed by atoms with E-state index in [1.54, 1.807) is 7.11 Å². The third-order valence-electron chi connectivity index (χ3n) is 3.80. The van der Waals surface area contributed by atoms with Crippen molar-refractivity contribution in [2.24, 2.45) is 0 Å². The fourth-order valence-corrected chi connectivity index (χ4v) is 3.00. The largest absolute Gasteiger partial charge is 0.496 e. The topological polar surface area (TPSA) is 29.5 Å². The third kappa shape index (κ3) is 3.39. The lowest BCUT2D eigenvalue weighted by molar-refractivity contribution is 0.0247. The van der Waals surface area contributed by atoms with Crippen molar-refractivity contribution in [2.75, 3.05) is 7.11 Å². The Morgan fingerprint density at radius 3 is 2.50 bits per heavy atom. The summed E-state index contributed by atoms with van der Waals surface area (Å²) in [5.74, 6) is 0.817. The number of aliphatic hydroxyl groups is 1. The molecule has 1 fully saturated rings. The molecule has 0 atom stereocenters. The van der Waals surface area contributed by atoms with Gasteiger partial charge in [0.15, 0.2) is 0 Å². The van der Waals surface area contributed by atoms with Gasteiger partial charge >= 0.3 is 0 Å². The number of halogens is 1. The maximum Gasteiger partial charge on any atom is 0.122 e. The Morgan fingerprint density at radius 1 is 1.22 bits per heavy atom. The quantitative estimate of drug-likeness (QED) is 0.841. The molecule has 0 amide bonds. The zero-order valence-corrected chi connectivity index (χ0v) is 11.7. The van der Waals surface area contributed by atoms with E-state index in [9.17, 15) is 5.11 Å². The van der Waals surface area contributed by atoms with Gasteiger partial charge in [-0.05, 0) is 36.6 Å². The Morgan fingerprint density at radius 2 is 1.89 bits per heavy atom. The molecule has 0 aromatic heterocycles. The van der Waals surface area contributed by atoms with Gasteiger partial charge in [-0.2, -0.15) is 0 Å². The molecular weight excluding hydrogens is 248 g/mol. The lowest BCUT2D eigenvalue weighted by Gasteiger charge is -2.27. The van der Waals surface area contributed by atoms with Gasteiger partial charge in [0.2, 0.25) is 0 Å². The van der Waals surface area contributed by atoms with Crippen LogP contribution in [-0.4, -0.2) is 17.8 Å². The molecule has 1 aliphatic carbocycles. The molecule has 1 N–H and O–H groups in total. The van der Waals surface area contributed by atoms with Crippen LogP contribution in [0.15, 0.2) is 18.2 Å². The first-order valence-corrected chi connectivity index (χ1v) is 7.06. The highest BCUT2D eigenvalue weighted by atomic mass is 35.5. The summed E-state index contributed by atoms with van der Waals surface area (Å²) in [5, 5.41) is 11.4. The van der Waals surface area contributed by atoms with Crippen molar-refractivity contribution >= 4 is 11.6 Å². The second-order valence-corrected chi connectivity index (χ2v) is 5.71. The molecule has 1 aromatic carbocycles. The summed E-state index contributed by atoms with van der Waals surface area (Å²) < 4.78 is 5.35. The Labute approximate surface area is 114 Å². The molecule has 2 nitrogen and oxygen atoms in total. The van der Waals surface area contributed by atoms with E-state index in [4.69, 9.17) is 16.3 Å². The van der Waals surface area contributed by atoms with Crippen LogP contribution in [0.2, 0.25) is 5.02 Å². The van der Waals surface area contributed by atoms with Gasteiger partial charge in [0.05, 0.1) is 12.7 Å². The van der Waals surface area contributed by atoms with Crippen molar-refractivity contribution in [3.05, 3.63) is 28.8 Å². The number of rotatable bonds is 3. The van der Waals surface area contributed by atoms with Crippen molar-refractivity contribution in [1.82, 2.24) is 0 Å². The molecule has 0 heterocycles. The minimum absolute atomic E-state index is 0.589. The summed E-state index contributed by atoms with van der Waals surface area (Å²) in [6.07, 6.45) is 7.07. The van der Waals surface area contributed by atoms with E-state index in [0.717, 1.165) is 37.0 Å². The average Bonchev–Trinajstić information content (AvgIpc) is 2.54. The van der Waals surface area contributed by atoms with Crippen LogP contribution in [0.4, 0.5) is 0 Å². The van der Waals surface area contributed by atoms with Crippen molar-refractivity contribution in [3.63, 3.8) is 0 Å². The van der Waals surface area contributed by atoms with Gasteiger partial charge in [0.25, 0.3) is 0 Å². The molecule has 2 rings (SSSR count). The van der Waals surface area contributed by atoms with Crippen LogP contribution in [0.25, 0.3) is 0 Å². The zero-order valence-electron chi connectivity index (χ0n) is 10.9. The normalized spacial score (nSPS) is 19.3. The first kappa shape index (κ1) is 13.7. The molecular formula is C15H21ClO2. The van der Waals surface area contributed by atoms with E-state index < -0.39 is 5.60 Å². The second kappa shape index (κ2) is 5.94. The van der Waals surface area contributed by atoms with E-state index in [2.05, 4.69) is 0 Å². The van der Waals surface area contributed by atoms with Gasteiger partial charge in [-0.25, -0.2) is 0 Å². The number of hydrogen-bond acceptors (Lipinski definition) is 2. The molecule has 0 bridgehead atoms. The predicted octanol–water partition coefficient (Wildman–Crippen LogP) is 3.98. The molecule has 0 aliphatic heterocycles. The van der Waals surface area contributed by atoms with Crippen LogP contribution in [0.1, 0.15) is 44.1 Å². The van der Waals surface area contributed by atoms with E-state index in [0.29, 0.717) is 11.4 Å². The highest BCUT2D eigenvalue weighted by Gasteiger charge is 2.29. The Bertz CT molecular complexity index is 395. The number of benzene rings is 1. The summed E-state index contributed by atoms with van der Waals surface area (Å²) in [6.45, 7) is 0. The number of hydrogen-bond donors (Lipinski definition) is 1. The summed E-state index contributed by atoms with van der Waals surface area (Å²) in [7, 11) is 1.66. The van der Waals surface area contributed by atoms with Crippen LogP contribution < -0.4 is 4.74 Å². The average molecular weight is 269 g/mol. The highest BCUT2D eigenvalue weighted by molar-refractivity contribution is 6.30. The molecule has 1 aromatic rings. The first-order chi connectivity index (χ1) is 8.63. The van der Waals surface area contributed by atoms with Gasteiger partial charge in [-0.1, -0.05) is 37.3 Å². The standard InChI is InChI=1S/C15H21ClO2/c1-18-14-7-6-13(16)10-12(14)11-15(17)8-4-2-3-5-9-15/h6-7,10,17H,2-5,8-9,11H2,1H3. The minimum Gasteiger partial charge on any atom is -0.496 e. The SMILES string of the molecule is COc1ccc(Cl)cc1CC1(O)CCCCCC1. The molecule has 100 valence electrons. The Kier molecular flexibility index (Phi) is 4.52. The summed E-state index contributed by atoms with van der Waals surface area (Å²) >= 11 is 6.03. The van der Waals surface area contributed by atoms with Crippen LogP contribution >= 0.6 is 11.6 Å². The molecule has 1 saturated carbocycles. The van der Waals surface area contributed by atoms with Crippen LogP contribution in [0, 0.1) is 0 Å². The predicted molar refractivity (Wildman–Crippen MR) is 74.4 cm³/mol. The summed E-state index contributed by atoms with van der Waals surface area (Å²) in [5.41, 5.74) is 0.420. The number of methoxy groups -OCH3 is 1. The van der Waals surface area contributed by atoms with Crippen molar-refractivity contribution in [3.8, 4) is 5.75 Å². The van der Waals surface area contributed by atoms with Crippen molar-refractivity contribution in [2.45, 2.75) is 50.5 Å². The smallest absolute Gasteiger partial charge is 0.122 e. The highest BCUT2D eigenvalue weighted by Crippen LogP contribution is 2.33. The van der Waals surface area contributed by atoms with Gasteiger partial charge in [0, 0.05) is 11.4 Å². The molecule has 18 heavy (non-hydrogen) atoms. The van der Waals surface area contributed by atoms with Crippen molar-refractivity contribution < 1.29 is 9.84 Å². The zero-order chi connectivity index (χ0) is 13.0. The van der Waals surface area contributed by atoms with Gasteiger partial charge < -0.3 is 9.84 Å². The van der Waals surface area contributed by atoms with E-state index in [1.165, 1.54) is 12.8 Å². The molecule has 0 unspecified atom stereocenters. The fraction of sp³-hybridized carbons (Fsp3) is 0.600. The lowest BCUT2D eigenvalue weighted by Crippen LogP contribution is -2.30. The second-order valence-electron chi connectivity index (χ2n) is 5.27. The van der Waals surface area contributed by atoms with E-state index in [-0.39, 0.29) is 0 Å². The first-order valence-electron chi connectivity index (χ1n) is 6.68. The van der Waals surface area contributed by atoms with Gasteiger partial charge in [-0.15, -0.1) is 0 Å². The lowest BCUT2D eigenvalue weighted by atomic mass is 9.87. The summed E-state index contributed by atoms with van der Waals surface area (Å²) in [6, 6.07) is 5.60. The Balaban J connectivity index is 2.18. The molecule has 1 aliphatic rings. The van der Waals surface area contributed by atoms with Crippen LogP contribution in [0.5, 0.6) is 5.75 Å². The van der Waals surface area contributed by atoms with Crippen LogP contribution in [0.3, 0.4) is 0 Å². The van der Waals surface area contributed by atoms with Crippen molar-refractivity contribution in [1.29, 1.82) is 0 Å². The number of ether oxygens (including phenoxy) is 1. The monoisotopic (exact) mass is 268 g/mol. The molecule has 3 heteroatoms. The molecule has 0 saturated heterocycles. The van der Waals surface area contributed by atoms with Gasteiger partial charge in [-0.3, -0.25) is 0 Å². The van der Waals surface area contributed by atoms with Gasteiger partial charge in [0.1, 0.15) is 5.75 Å². The van der Waals surface area contributed by atoms with Crippen LogP contribution in [-0.2, 0) is 6.42 Å². The fourth-order valence-electron chi connectivity index (χ4n) is 2.80. The maximum atomic E-state index is 10.7. The Hall–Kier alpha value is -0.730. The minimum atomic E-state index is -0.589. The summed E-state index contributed by atoms with van der Waals surface area (Å²) in [4.78, 5) is 0. The molecule has 0 radical (unpaired) electrons.